The zero-order chi connectivity index (χ0) is 14.3. The molecule has 4 unspecified atom stereocenters. The Balaban J connectivity index is 1.65. The molecule has 0 saturated carbocycles. The molecule has 1 N–H and O–H groups in total. The summed E-state index contributed by atoms with van der Waals surface area (Å²) < 4.78 is 5.15. The van der Waals surface area contributed by atoms with Crippen molar-refractivity contribution in [3.05, 3.63) is 0 Å². The summed E-state index contributed by atoms with van der Waals surface area (Å²) in [6, 6.07) is 0.0846. The molecule has 0 aromatic heterocycles. The molecular weight excluding hydrogens is 260 g/mol. The maximum absolute atomic E-state index is 12.6. The molecule has 3 rings (SSSR count). The fourth-order valence-corrected chi connectivity index (χ4v) is 4.09. The van der Waals surface area contributed by atoms with Gasteiger partial charge in [-0.05, 0) is 25.7 Å². The summed E-state index contributed by atoms with van der Waals surface area (Å²) >= 11 is 0. The van der Waals surface area contributed by atoms with Crippen LogP contribution in [0.25, 0.3) is 0 Å². The number of hydrogen-bond donors (Lipinski definition) is 1. The van der Waals surface area contributed by atoms with Gasteiger partial charge in [0.05, 0.1) is 12.5 Å². The van der Waals surface area contributed by atoms with Gasteiger partial charge >= 0.3 is 12.0 Å². The summed E-state index contributed by atoms with van der Waals surface area (Å²) in [7, 11) is 1.68. The van der Waals surface area contributed by atoms with E-state index in [2.05, 4.69) is 0 Å². The fourth-order valence-electron chi connectivity index (χ4n) is 4.09. The zero-order valence-electron chi connectivity index (χ0n) is 11.8. The molecule has 0 aromatic carbocycles. The van der Waals surface area contributed by atoms with Gasteiger partial charge in [-0.15, -0.1) is 0 Å². The Labute approximate surface area is 118 Å². The van der Waals surface area contributed by atoms with E-state index >= 15 is 0 Å². The lowest BCUT2D eigenvalue weighted by Gasteiger charge is -2.28. The van der Waals surface area contributed by atoms with Crippen molar-refractivity contribution >= 4 is 12.0 Å². The molecule has 6 nitrogen and oxygen atoms in total. The van der Waals surface area contributed by atoms with Crippen molar-refractivity contribution in [2.75, 3.05) is 26.8 Å². The highest BCUT2D eigenvalue weighted by molar-refractivity contribution is 5.79. The highest BCUT2D eigenvalue weighted by Crippen LogP contribution is 2.42. The Kier molecular flexibility index (Phi) is 3.58. The summed E-state index contributed by atoms with van der Waals surface area (Å²) in [5, 5.41) is 9.24. The van der Waals surface area contributed by atoms with Crippen LogP contribution in [0.4, 0.5) is 4.79 Å². The maximum Gasteiger partial charge on any atom is 0.320 e. The van der Waals surface area contributed by atoms with E-state index in [0.717, 1.165) is 32.4 Å². The number of carbonyl (C=O) groups is 2. The van der Waals surface area contributed by atoms with Gasteiger partial charge in [-0.1, -0.05) is 0 Å². The van der Waals surface area contributed by atoms with Gasteiger partial charge in [0, 0.05) is 38.2 Å². The first-order valence-electron chi connectivity index (χ1n) is 7.40. The first-order chi connectivity index (χ1) is 9.61. The molecule has 0 aliphatic carbocycles. The number of carboxylic acid groups (broad SMARTS) is 1. The quantitative estimate of drug-likeness (QED) is 0.839. The van der Waals surface area contributed by atoms with Crippen LogP contribution in [-0.4, -0.2) is 65.8 Å². The second-order valence-electron chi connectivity index (χ2n) is 6.22. The lowest BCUT2D eigenvalue weighted by Crippen LogP contribution is -2.45. The Morgan fingerprint density at radius 1 is 1.30 bits per heavy atom. The third-order valence-corrected chi connectivity index (χ3v) is 5.03. The summed E-state index contributed by atoms with van der Waals surface area (Å²) in [5.41, 5.74) is 0. The van der Waals surface area contributed by atoms with E-state index in [1.807, 2.05) is 9.80 Å². The second kappa shape index (κ2) is 5.24. The van der Waals surface area contributed by atoms with Crippen LogP contribution in [0.5, 0.6) is 0 Å². The van der Waals surface area contributed by atoms with Crippen molar-refractivity contribution in [1.29, 1.82) is 0 Å². The summed E-state index contributed by atoms with van der Waals surface area (Å²) in [4.78, 5) is 27.6. The molecule has 0 spiro atoms. The molecule has 3 saturated heterocycles. The average Bonchev–Trinajstić information content (AvgIpc) is 3.11. The summed E-state index contributed by atoms with van der Waals surface area (Å²) in [6.45, 7) is 2.19. The van der Waals surface area contributed by atoms with Gasteiger partial charge in [0.25, 0.3) is 0 Å². The Morgan fingerprint density at radius 3 is 2.75 bits per heavy atom. The van der Waals surface area contributed by atoms with Crippen LogP contribution in [0.1, 0.15) is 25.7 Å². The van der Waals surface area contributed by atoms with E-state index < -0.39 is 5.97 Å². The van der Waals surface area contributed by atoms with E-state index in [4.69, 9.17) is 4.74 Å². The number of amides is 2. The van der Waals surface area contributed by atoms with Gasteiger partial charge < -0.3 is 19.6 Å². The minimum Gasteiger partial charge on any atom is -0.481 e. The standard InChI is InChI=1S/C14H22N2O4/c1-20-8-9-4-5-15(7-9)14(19)16-10-2-3-12(16)11(6-10)13(17)18/h9-12H,2-8H2,1H3,(H,17,18). The SMILES string of the molecule is COCC1CCN(C(=O)N2C3CCC2C(C(=O)O)C3)C1. The minimum absolute atomic E-state index is 0.0415. The van der Waals surface area contributed by atoms with Crippen LogP contribution in [0.2, 0.25) is 0 Å². The molecule has 3 aliphatic heterocycles. The third kappa shape index (κ3) is 2.16. The van der Waals surface area contributed by atoms with Crippen LogP contribution >= 0.6 is 0 Å². The molecule has 0 radical (unpaired) electrons. The molecule has 2 bridgehead atoms. The highest BCUT2D eigenvalue weighted by atomic mass is 16.5. The topological polar surface area (TPSA) is 70.1 Å². The van der Waals surface area contributed by atoms with Gasteiger partial charge in [0.15, 0.2) is 0 Å². The van der Waals surface area contributed by atoms with Gasteiger partial charge in [0.2, 0.25) is 0 Å². The van der Waals surface area contributed by atoms with E-state index in [1.54, 1.807) is 7.11 Å². The number of hydrogen-bond acceptors (Lipinski definition) is 3. The minimum atomic E-state index is -0.756. The van der Waals surface area contributed by atoms with Crippen molar-refractivity contribution in [3.63, 3.8) is 0 Å². The van der Waals surface area contributed by atoms with Gasteiger partial charge in [0.1, 0.15) is 0 Å². The summed E-state index contributed by atoms with van der Waals surface area (Å²) in [5.74, 6) is -0.705. The van der Waals surface area contributed by atoms with Gasteiger partial charge in [-0.25, -0.2) is 4.79 Å². The smallest absolute Gasteiger partial charge is 0.320 e. The average molecular weight is 282 g/mol. The van der Waals surface area contributed by atoms with Crippen LogP contribution in [0, 0.1) is 11.8 Å². The normalized spacial score (nSPS) is 35.9. The van der Waals surface area contributed by atoms with E-state index in [-0.39, 0.29) is 24.0 Å². The lowest BCUT2D eigenvalue weighted by atomic mass is 9.89. The number of nitrogens with zero attached hydrogens (tertiary/aromatic N) is 2. The number of ether oxygens (including phenoxy) is 1. The van der Waals surface area contributed by atoms with E-state index in [0.29, 0.717) is 18.9 Å². The number of urea groups is 1. The van der Waals surface area contributed by atoms with Crippen molar-refractivity contribution in [2.45, 2.75) is 37.8 Å². The Morgan fingerprint density at radius 2 is 2.10 bits per heavy atom. The molecule has 3 aliphatic rings. The predicted octanol–water partition coefficient (Wildman–Crippen LogP) is 1.01. The monoisotopic (exact) mass is 282 g/mol. The van der Waals surface area contributed by atoms with Gasteiger partial charge in [-0.2, -0.15) is 0 Å². The molecule has 3 fully saturated rings. The van der Waals surface area contributed by atoms with Crippen LogP contribution in [-0.2, 0) is 9.53 Å². The van der Waals surface area contributed by atoms with Crippen molar-refractivity contribution in [3.8, 4) is 0 Å². The highest BCUT2D eigenvalue weighted by Gasteiger charge is 2.52. The predicted molar refractivity (Wildman–Crippen MR) is 71.3 cm³/mol. The first-order valence-corrected chi connectivity index (χ1v) is 7.40. The maximum atomic E-state index is 12.6. The number of rotatable bonds is 3. The van der Waals surface area contributed by atoms with Gasteiger partial charge in [-0.3, -0.25) is 4.79 Å². The molecule has 112 valence electrons. The largest absolute Gasteiger partial charge is 0.481 e. The molecule has 2 amide bonds. The lowest BCUT2D eigenvalue weighted by molar-refractivity contribution is -0.142. The third-order valence-electron chi connectivity index (χ3n) is 5.03. The molecule has 4 atom stereocenters. The van der Waals surface area contributed by atoms with E-state index in [9.17, 15) is 14.7 Å². The zero-order valence-corrected chi connectivity index (χ0v) is 11.8. The number of carboxylic acids is 1. The van der Waals surface area contributed by atoms with Crippen molar-refractivity contribution in [2.24, 2.45) is 11.8 Å². The Bertz CT molecular complexity index is 414. The number of fused-ring (bicyclic) bond motifs is 2. The number of likely N-dealkylation sites (tertiary alicyclic amines) is 1. The molecular formula is C14H22N2O4. The molecule has 20 heavy (non-hydrogen) atoms. The Hall–Kier alpha value is -1.30. The fraction of sp³-hybridized carbons (Fsp3) is 0.857. The summed E-state index contributed by atoms with van der Waals surface area (Å²) in [6.07, 6.45) is 3.39. The van der Waals surface area contributed by atoms with Crippen molar-refractivity contribution in [1.82, 2.24) is 9.80 Å². The first kappa shape index (κ1) is 13.7. The van der Waals surface area contributed by atoms with Crippen LogP contribution in [0.3, 0.4) is 0 Å². The molecule has 3 heterocycles. The second-order valence-corrected chi connectivity index (χ2v) is 6.22. The molecule has 0 aromatic rings. The van der Waals surface area contributed by atoms with Crippen molar-refractivity contribution < 1.29 is 19.4 Å². The molecule has 6 heteroatoms. The van der Waals surface area contributed by atoms with Crippen LogP contribution < -0.4 is 0 Å². The number of methoxy groups -OCH3 is 1. The van der Waals surface area contributed by atoms with Crippen LogP contribution in [0.15, 0.2) is 0 Å². The number of aliphatic carboxylic acids is 1. The van der Waals surface area contributed by atoms with E-state index in [1.165, 1.54) is 0 Å². The number of carbonyl (C=O) groups excluding carboxylic acids is 1.